The van der Waals surface area contributed by atoms with Gasteiger partial charge in [0.25, 0.3) is 0 Å². The van der Waals surface area contributed by atoms with Crippen molar-refractivity contribution in [2.75, 3.05) is 11.9 Å². The van der Waals surface area contributed by atoms with Gasteiger partial charge in [-0.2, -0.15) is 18.2 Å². The average Bonchev–Trinajstić information content (AvgIpc) is 3.39. The van der Waals surface area contributed by atoms with E-state index in [2.05, 4.69) is 27.3 Å². The predicted octanol–water partition coefficient (Wildman–Crippen LogP) is 5.92. The Balaban J connectivity index is 1.67. The second-order valence-corrected chi connectivity index (χ2v) is 7.86. The third-order valence-electron chi connectivity index (χ3n) is 5.21. The van der Waals surface area contributed by atoms with Crippen LogP contribution in [0.15, 0.2) is 55.0 Å². The number of nitrogens with one attached hydrogen (secondary N) is 1. The number of ether oxygens (including phenoxy) is 1. The Labute approximate surface area is 195 Å². The maximum atomic E-state index is 13.4. The van der Waals surface area contributed by atoms with Crippen molar-refractivity contribution in [2.24, 2.45) is 7.05 Å². The summed E-state index contributed by atoms with van der Waals surface area (Å²) < 4.78 is 49.4. The van der Waals surface area contributed by atoms with Crippen LogP contribution in [0.2, 0.25) is 0 Å². The summed E-state index contributed by atoms with van der Waals surface area (Å²) in [4.78, 5) is 8.72. The van der Waals surface area contributed by atoms with Crippen LogP contribution < -0.4 is 10.1 Å². The number of unbranched alkanes of at least 4 members (excludes halogenated alkanes) is 1. The van der Waals surface area contributed by atoms with E-state index in [0.29, 0.717) is 23.7 Å². The summed E-state index contributed by atoms with van der Waals surface area (Å²) in [6, 6.07) is 10.8. The Bertz CT molecular complexity index is 1280. The number of aryl methyl sites for hydroxylation is 2. The molecule has 178 valence electrons. The Hall–Kier alpha value is -3.82. The van der Waals surface area contributed by atoms with Crippen LogP contribution in [0.5, 0.6) is 5.75 Å². The average molecular weight is 470 g/mol. The molecule has 0 aliphatic heterocycles. The first-order valence-corrected chi connectivity index (χ1v) is 10.9. The highest BCUT2D eigenvalue weighted by molar-refractivity contribution is 5.66. The van der Waals surface area contributed by atoms with Crippen LogP contribution in [-0.2, 0) is 13.2 Å². The summed E-state index contributed by atoms with van der Waals surface area (Å²) in [5.41, 5.74) is 1.52. The Morgan fingerprint density at radius 2 is 1.91 bits per heavy atom. The number of aromatic nitrogens is 5. The van der Waals surface area contributed by atoms with Crippen molar-refractivity contribution >= 4 is 11.6 Å². The molecule has 0 aliphatic carbocycles. The minimum Gasteiger partial charge on any atom is -0.491 e. The van der Waals surface area contributed by atoms with Crippen LogP contribution in [0.1, 0.15) is 31.0 Å². The van der Waals surface area contributed by atoms with Crippen LogP contribution in [0.4, 0.5) is 24.8 Å². The zero-order chi connectivity index (χ0) is 24.3. The summed E-state index contributed by atoms with van der Waals surface area (Å²) in [5.74, 6) is 1.20. The van der Waals surface area contributed by atoms with Gasteiger partial charge in [-0.05, 0) is 43.7 Å². The van der Waals surface area contributed by atoms with Crippen LogP contribution in [0, 0.1) is 6.92 Å². The molecule has 0 saturated carbocycles. The molecule has 0 fully saturated rings. The topological polar surface area (TPSA) is 69.8 Å². The van der Waals surface area contributed by atoms with Crippen LogP contribution in [0.3, 0.4) is 0 Å². The number of alkyl halides is 3. The molecule has 1 N–H and O–H groups in total. The van der Waals surface area contributed by atoms with Gasteiger partial charge < -0.3 is 14.6 Å². The molecule has 0 amide bonds. The van der Waals surface area contributed by atoms with Gasteiger partial charge in [0, 0.05) is 18.8 Å². The molecule has 0 spiro atoms. The largest absolute Gasteiger partial charge is 0.491 e. The normalized spacial score (nSPS) is 11.6. The molecule has 0 radical (unpaired) electrons. The summed E-state index contributed by atoms with van der Waals surface area (Å²) in [6.45, 7) is 4.55. The van der Waals surface area contributed by atoms with Gasteiger partial charge in [-0.1, -0.05) is 25.5 Å². The molecule has 10 heteroatoms. The lowest BCUT2D eigenvalue weighted by atomic mass is 10.1. The van der Waals surface area contributed by atoms with Gasteiger partial charge in [-0.3, -0.25) is 0 Å². The summed E-state index contributed by atoms with van der Waals surface area (Å²) in [5, 5.41) is 7.16. The Kier molecular flexibility index (Phi) is 6.58. The molecule has 2 heterocycles. The maximum absolute atomic E-state index is 13.4. The number of imidazole rings is 1. The quantitative estimate of drug-likeness (QED) is 0.324. The van der Waals surface area contributed by atoms with Crippen molar-refractivity contribution in [2.45, 2.75) is 32.9 Å². The second kappa shape index (κ2) is 9.58. The third kappa shape index (κ3) is 5.05. The first-order chi connectivity index (χ1) is 16.3. The van der Waals surface area contributed by atoms with Gasteiger partial charge >= 0.3 is 6.18 Å². The van der Waals surface area contributed by atoms with Gasteiger partial charge in [0.2, 0.25) is 5.95 Å². The first kappa shape index (κ1) is 23.3. The van der Waals surface area contributed by atoms with Crippen LogP contribution >= 0.6 is 0 Å². The molecular weight excluding hydrogens is 445 g/mol. The van der Waals surface area contributed by atoms with Crippen molar-refractivity contribution in [3.63, 3.8) is 0 Å². The number of nitrogens with zero attached hydrogens (tertiary/aromatic N) is 5. The third-order valence-corrected chi connectivity index (χ3v) is 5.21. The van der Waals surface area contributed by atoms with E-state index in [1.54, 1.807) is 13.4 Å². The number of halogens is 3. The fraction of sp³-hybridized carbons (Fsp3) is 0.292. The van der Waals surface area contributed by atoms with Gasteiger partial charge in [-0.15, -0.1) is 5.10 Å². The summed E-state index contributed by atoms with van der Waals surface area (Å²) in [7, 11) is 1.62. The van der Waals surface area contributed by atoms with Crippen molar-refractivity contribution in [3.05, 3.63) is 66.2 Å². The van der Waals surface area contributed by atoms with Gasteiger partial charge in [0.05, 0.1) is 35.6 Å². The molecule has 4 aromatic rings. The lowest BCUT2D eigenvalue weighted by Gasteiger charge is -2.13. The molecule has 0 aliphatic rings. The monoisotopic (exact) mass is 470 g/mol. The number of para-hydroxylation sites is 1. The minimum absolute atomic E-state index is 0.0912. The van der Waals surface area contributed by atoms with Crippen molar-refractivity contribution < 1.29 is 17.9 Å². The molecule has 0 bridgehead atoms. The lowest BCUT2D eigenvalue weighted by Crippen LogP contribution is -2.10. The Morgan fingerprint density at radius 3 is 2.62 bits per heavy atom. The zero-order valence-electron chi connectivity index (χ0n) is 19.1. The van der Waals surface area contributed by atoms with Crippen molar-refractivity contribution in [1.82, 2.24) is 24.3 Å². The lowest BCUT2D eigenvalue weighted by molar-refractivity contribution is -0.136. The number of anilines is 2. The highest BCUT2D eigenvalue weighted by Crippen LogP contribution is 2.36. The smallest absolute Gasteiger partial charge is 0.418 e. The number of benzene rings is 2. The van der Waals surface area contributed by atoms with E-state index in [1.165, 1.54) is 22.9 Å². The Morgan fingerprint density at radius 1 is 1.12 bits per heavy atom. The minimum atomic E-state index is -4.49. The van der Waals surface area contributed by atoms with Crippen LogP contribution in [-0.4, -0.2) is 30.9 Å². The van der Waals surface area contributed by atoms with E-state index >= 15 is 0 Å². The summed E-state index contributed by atoms with van der Waals surface area (Å²) in [6.07, 6.45) is 1.03. The molecule has 2 aromatic carbocycles. The first-order valence-electron chi connectivity index (χ1n) is 10.9. The molecule has 2 aromatic heterocycles. The number of rotatable bonds is 8. The highest BCUT2D eigenvalue weighted by Gasteiger charge is 2.33. The molecular formula is C24H25F3N6O. The number of hydrogen-bond acceptors (Lipinski definition) is 5. The molecule has 0 unspecified atom stereocenters. The molecule has 7 nitrogen and oxygen atoms in total. The van der Waals surface area contributed by atoms with Crippen LogP contribution in [0.25, 0.3) is 17.1 Å². The fourth-order valence-corrected chi connectivity index (χ4v) is 3.44. The second-order valence-electron chi connectivity index (χ2n) is 7.86. The van der Waals surface area contributed by atoms with E-state index in [-0.39, 0.29) is 11.6 Å². The van der Waals surface area contributed by atoms with Crippen molar-refractivity contribution in [1.29, 1.82) is 0 Å². The molecule has 34 heavy (non-hydrogen) atoms. The van der Waals surface area contributed by atoms with Gasteiger partial charge in [-0.25, -0.2) is 9.67 Å². The van der Waals surface area contributed by atoms with E-state index in [1.807, 2.05) is 35.9 Å². The zero-order valence-corrected chi connectivity index (χ0v) is 19.1. The standard InChI is InChI=1S/C24H25F3N6O/c1-4-5-12-34-21-13-17(10-11-20(21)33-14-16(2)28-15-33)22-30-23(32(3)31-22)29-19-9-7-6-8-18(19)24(25,26)27/h6-11,13-15H,4-5,12H2,1-3H3,(H,29,30,31). The molecule has 0 atom stereocenters. The van der Waals surface area contributed by atoms with E-state index in [4.69, 9.17) is 4.74 Å². The molecule has 0 saturated heterocycles. The van der Waals surface area contributed by atoms with E-state index in [0.717, 1.165) is 30.3 Å². The fourth-order valence-electron chi connectivity index (χ4n) is 3.44. The predicted molar refractivity (Wildman–Crippen MR) is 123 cm³/mol. The molecule has 4 rings (SSSR count). The van der Waals surface area contributed by atoms with Gasteiger partial charge in [0.1, 0.15) is 5.75 Å². The number of hydrogen-bond donors (Lipinski definition) is 1. The van der Waals surface area contributed by atoms with Crippen molar-refractivity contribution in [3.8, 4) is 22.8 Å². The maximum Gasteiger partial charge on any atom is 0.418 e. The highest BCUT2D eigenvalue weighted by atomic mass is 19.4. The van der Waals surface area contributed by atoms with E-state index in [9.17, 15) is 13.2 Å². The van der Waals surface area contributed by atoms with E-state index < -0.39 is 11.7 Å². The SMILES string of the molecule is CCCCOc1cc(-c2nc(Nc3ccccc3C(F)(F)F)n(C)n2)ccc1-n1cnc(C)c1. The van der Waals surface area contributed by atoms with Gasteiger partial charge in [0.15, 0.2) is 5.82 Å². The summed E-state index contributed by atoms with van der Waals surface area (Å²) >= 11 is 0.